The topological polar surface area (TPSA) is 38.7 Å². The van der Waals surface area contributed by atoms with E-state index in [2.05, 4.69) is 9.05 Å². The molecule has 0 aliphatic heterocycles. The van der Waals surface area contributed by atoms with Gasteiger partial charge < -0.3 is 15.4 Å². The van der Waals surface area contributed by atoms with Crippen LogP contribution in [0.4, 0.5) is 0 Å². The summed E-state index contributed by atoms with van der Waals surface area (Å²) in [5.74, 6) is 0. The largest absolute Gasteiger partial charge is 1.00 e. The fraction of sp³-hybridized carbons (Fsp3) is 1.00. The van der Waals surface area contributed by atoms with Crippen molar-refractivity contribution >= 4 is 8.60 Å². The van der Waals surface area contributed by atoms with Gasteiger partial charge in [-0.15, -0.1) is 0 Å². The van der Waals surface area contributed by atoms with Gasteiger partial charge in [0, 0.05) is 14.2 Å². The Morgan fingerprint density at radius 2 is 1.71 bits per heavy atom. The standard InChI is InChI=1S/C2H7O3P.Li.H/c1-4-6(3)5-2;;/h3H,1-2H3;;/q;+1;-1. The minimum Gasteiger partial charge on any atom is -1.00 e. The Morgan fingerprint density at radius 3 is 1.71 bits per heavy atom. The van der Waals surface area contributed by atoms with Crippen molar-refractivity contribution in [3.8, 4) is 0 Å². The van der Waals surface area contributed by atoms with Crippen molar-refractivity contribution in [3.63, 3.8) is 0 Å². The van der Waals surface area contributed by atoms with Crippen molar-refractivity contribution in [2.24, 2.45) is 0 Å². The van der Waals surface area contributed by atoms with Gasteiger partial charge >= 0.3 is 27.5 Å². The first-order valence-electron chi connectivity index (χ1n) is 1.38. The maximum absolute atomic E-state index is 8.29. The van der Waals surface area contributed by atoms with Crippen LogP contribution < -0.4 is 18.9 Å². The summed E-state index contributed by atoms with van der Waals surface area (Å²) in [6.45, 7) is 0. The Balaban J connectivity index is -0.000000125. The van der Waals surface area contributed by atoms with Gasteiger partial charge in [0.1, 0.15) is 0 Å². The monoisotopic (exact) mass is 118 g/mol. The van der Waals surface area contributed by atoms with Crippen LogP contribution in [0.15, 0.2) is 0 Å². The van der Waals surface area contributed by atoms with Crippen LogP contribution in [0.1, 0.15) is 1.43 Å². The van der Waals surface area contributed by atoms with Crippen LogP contribution in [0, 0.1) is 0 Å². The molecule has 0 amide bonds. The Kier molecular flexibility index (Phi) is 10.7. The second kappa shape index (κ2) is 6.91. The minimum absolute atomic E-state index is 0. The number of hydrogen-bond acceptors (Lipinski definition) is 3. The fourth-order valence-electron chi connectivity index (χ4n) is 0.0745. The van der Waals surface area contributed by atoms with Crippen LogP contribution in [-0.2, 0) is 9.05 Å². The van der Waals surface area contributed by atoms with Crippen LogP contribution in [0.25, 0.3) is 0 Å². The van der Waals surface area contributed by atoms with E-state index >= 15 is 0 Å². The van der Waals surface area contributed by atoms with Gasteiger partial charge in [-0.1, -0.05) is 0 Å². The van der Waals surface area contributed by atoms with Crippen LogP contribution in [0.5, 0.6) is 0 Å². The smallest absolute Gasteiger partial charge is 1.00 e. The molecule has 40 valence electrons. The van der Waals surface area contributed by atoms with Crippen molar-refractivity contribution in [1.82, 2.24) is 0 Å². The third kappa shape index (κ3) is 6.91. The SMILES string of the molecule is COP(O)OC.[H-].[Li+]. The molecule has 0 saturated heterocycles. The third-order valence-electron chi connectivity index (χ3n) is 0.312. The molecule has 0 unspecified atom stereocenters. The van der Waals surface area contributed by atoms with E-state index in [0.29, 0.717) is 0 Å². The molecular weight excluding hydrogens is 110 g/mol. The second-order valence-corrected chi connectivity index (χ2v) is 1.81. The maximum Gasteiger partial charge on any atom is 1.00 e. The predicted octanol–water partition coefficient (Wildman–Crippen LogP) is -2.39. The summed E-state index contributed by atoms with van der Waals surface area (Å²) in [5, 5.41) is 0. The molecule has 0 radical (unpaired) electrons. The summed E-state index contributed by atoms with van der Waals surface area (Å²) in [5.41, 5.74) is 0. The summed E-state index contributed by atoms with van der Waals surface area (Å²) < 4.78 is 8.59. The van der Waals surface area contributed by atoms with Gasteiger partial charge in [0.15, 0.2) is 0 Å². The van der Waals surface area contributed by atoms with Crippen LogP contribution in [0.2, 0.25) is 0 Å². The zero-order valence-corrected chi connectivity index (χ0v) is 5.61. The van der Waals surface area contributed by atoms with E-state index in [1.807, 2.05) is 0 Å². The molecule has 0 bridgehead atoms. The van der Waals surface area contributed by atoms with Crippen LogP contribution >= 0.6 is 8.60 Å². The third-order valence-corrected chi connectivity index (χ3v) is 0.937. The fourth-order valence-corrected chi connectivity index (χ4v) is 0.224. The molecule has 0 heterocycles. The number of hydrogen-bond donors (Lipinski definition) is 1. The molecule has 3 nitrogen and oxygen atoms in total. The Bertz CT molecular complexity index is 36.5. The van der Waals surface area contributed by atoms with Crippen molar-refractivity contribution in [1.29, 1.82) is 0 Å². The maximum atomic E-state index is 8.29. The molecule has 0 aliphatic rings. The van der Waals surface area contributed by atoms with Gasteiger partial charge in [-0.2, -0.15) is 0 Å². The van der Waals surface area contributed by atoms with Crippen LogP contribution in [-0.4, -0.2) is 19.1 Å². The molecular formula is C2H8LiO3P. The molecule has 0 aliphatic carbocycles. The van der Waals surface area contributed by atoms with Crippen molar-refractivity contribution < 1.29 is 34.2 Å². The molecule has 0 aromatic heterocycles. The van der Waals surface area contributed by atoms with Gasteiger partial charge in [0.25, 0.3) is 0 Å². The van der Waals surface area contributed by atoms with Gasteiger partial charge in [0.2, 0.25) is 0 Å². The molecule has 7 heavy (non-hydrogen) atoms. The second-order valence-electron chi connectivity index (χ2n) is 0.603. The Morgan fingerprint density at radius 1 is 1.43 bits per heavy atom. The predicted molar refractivity (Wildman–Crippen MR) is 24.3 cm³/mol. The first-order chi connectivity index (χ1) is 2.81. The first-order valence-corrected chi connectivity index (χ1v) is 2.51. The van der Waals surface area contributed by atoms with E-state index < -0.39 is 8.60 Å². The summed E-state index contributed by atoms with van der Waals surface area (Å²) in [6, 6.07) is 0. The van der Waals surface area contributed by atoms with Crippen molar-refractivity contribution in [3.05, 3.63) is 0 Å². The molecule has 0 saturated carbocycles. The first kappa shape index (κ1) is 10.8. The Labute approximate surface area is 57.7 Å². The van der Waals surface area contributed by atoms with Gasteiger partial charge in [-0.05, 0) is 0 Å². The molecule has 0 aromatic rings. The molecule has 1 N–H and O–H groups in total. The van der Waals surface area contributed by atoms with E-state index in [0.717, 1.165) is 0 Å². The van der Waals surface area contributed by atoms with Crippen molar-refractivity contribution in [2.75, 3.05) is 14.2 Å². The molecule has 0 aromatic carbocycles. The average molecular weight is 118 g/mol. The average Bonchev–Trinajstić information content (AvgIpc) is 1.65. The molecule has 5 heteroatoms. The molecule has 0 fully saturated rings. The normalized spacial score (nSPS) is 8.57. The van der Waals surface area contributed by atoms with Gasteiger partial charge in [-0.3, -0.25) is 0 Å². The quantitative estimate of drug-likeness (QED) is 0.325. The zero-order chi connectivity index (χ0) is 4.99. The molecule has 0 rings (SSSR count). The van der Waals surface area contributed by atoms with Gasteiger partial charge in [0.05, 0.1) is 0 Å². The summed E-state index contributed by atoms with van der Waals surface area (Å²) in [6.07, 6.45) is 0. The number of rotatable bonds is 2. The summed E-state index contributed by atoms with van der Waals surface area (Å²) >= 11 is 0. The molecule has 0 atom stereocenters. The van der Waals surface area contributed by atoms with Crippen molar-refractivity contribution in [2.45, 2.75) is 0 Å². The van der Waals surface area contributed by atoms with E-state index in [9.17, 15) is 0 Å². The molecule has 0 spiro atoms. The summed E-state index contributed by atoms with van der Waals surface area (Å²) in [7, 11) is 1.19. The van der Waals surface area contributed by atoms with E-state index in [4.69, 9.17) is 4.89 Å². The minimum atomic E-state index is -1.58. The van der Waals surface area contributed by atoms with E-state index in [1.165, 1.54) is 14.2 Å². The van der Waals surface area contributed by atoms with Gasteiger partial charge in [-0.25, -0.2) is 0 Å². The van der Waals surface area contributed by atoms with E-state index in [-0.39, 0.29) is 20.3 Å². The Hall–Kier alpha value is 0.907. The van der Waals surface area contributed by atoms with E-state index in [1.54, 1.807) is 0 Å². The zero-order valence-electron chi connectivity index (χ0n) is 5.71. The van der Waals surface area contributed by atoms with Crippen LogP contribution in [0.3, 0.4) is 0 Å². The summed E-state index contributed by atoms with van der Waals surface area (Å²) in [4.78, 5) is 8.29.